The van der Waals surface area contributed by atoms with Crippen molar-refractivity contribution in [1.29, 1.82) is 0 Å². The SMILES string of the molecule is CCCCC(C(=O)O)C(C(=O)O)c1ccccc1. The summed E-state index contributed by atoms with van der Waals surface area (Å²) in [5.41, 5.74) is 0.550. The van der Waals surface area contributed by atoms with Crippen molar-refractivity contribution in [2.75, 3.05) is 0 Å². The lowest BCUT2D eigenvalue weighted by Crippen LogP contribution is -2.28. The topological polar surface area (TPSA) is 74.6 Å². The molecule has 0 aliphatic rings. The summed E-state index contributed by atoms with van der Waals surface area (Å²) in [6.45, 7) is 1.96. The minimum Gasteiger partial charge on any atom is -0.481 e. The molecule has 2 unspecified atom stereocenters. The minimum atomic E-state index is -1.08. The summed E-state index contributed by atoms with van der Waals surface area (Å²) < 4.78 is 0. The van der Waals surface area contributed by atoms with Gasteiger partial charge in [0, 0.05) is 0 Å². The minimum absolute atomic E-state index is 0.387. The molecule has 4 nitrogen and oxygen atoms in total. The van der Waals surface area contributed by atoms with Crippen molar-refractivity contribution in [1.82, 2.24) is 0 Å². The Hall–Kier alpha value is -1.84. The van der Waals surface area contributed by atoms with Crippen molar-refractivity contribution in [2.45, 2.75) is 32.1 Å². The molecule has 2 atom stereocenters. The molecule has 0 aliphatic heterocycles. The second-order valence-corrected chi connectivity index (χ2v) is 4.31. The van der Waals surface area contributed by atoms with Gasteiger partial charge >= 0.3 is 11.9 Å². The number of hydrogen-bond acceptors (Lipinski definition) is 2. The van der Waals surface area contributed by atoms with Crippen molar-refractivity contribution in [3.8, 4) is 0 Å². The third kappa shape index (κ3) is 3.58. The molecule has 1 aromatic rings. The fourth-order valence-corrected chi connectivity index (χ4v) is 2.06. The summed E-state index contributed by atoms with van der Waals surface area (Å²) in [5.74, 6) is -3.97. The molecular formula is C14H18O4. The summed E-state index contributed by atoms with van der Waals surface area (Å²) in [5, 5.41) is 18.5. The fraction of sp³-hybridized carbons (Fsp3) is 0.429. The van der Waals surface area contributed by atoms with Crippen LogP contribution in [0.2, 0.25) is 0 Å². The van der Waals surface area contributed by atoms with Crippen LogP contribution >= 0.6 is 0 Å². The van der Waals surface area contributed by atoms with Crippen LogP contribution in [-0.4, -0.2) is 22.2 Å². The molecule has 0 saturated carbocycles. The first-order valence-electron chi connectivity index (χ1n) is 6.08. The van der Waals surface area contributed by atoms with Crippen LogP contribution in [0.25, 0.3) is 0 Å². The van der Waals surface area contributed by atoms with E-state index in [0.717, 1.165) is 6.42 Å². The van der Waals surface area contributed by atoms with E-state index >= 15 is 0 Å². The molecular weight excluding hydrogens is 232 g/mol. The number of carboxylic acids is 2. The van der Waals surface area contributed by atoms with E-state index in [-0.39, 0.29) is 0 Å². The number of hydrogen-bond donors (Lipinski definition) is 2. The molecule has 1 aromatic carbocycles. The molecule has 0 bridgehead atoms. The van der Waals surface area contributed by atoms with Crippen LogP contribution in [0.3, 0.4) is 0 Å². The molecule has 0 saturated heterocycles. The van der Waals surface area contributed by atoms with Crippen molar-refractivity contribution in [2.24, 2.45) is 5.92 Å². The van der Waals surface area contributed by atoms with E-state index in [0.29, 0.717) is 18.4 Å². The van der Waals surface area contributed by atoms with Gasteiger partial charge in [-0.25, -0.2) is 0 Å². The Morgan fingerprint density at radius 3 is 2.17 bits per heavy atom. The maximum absolute atomic E-state index is 11.3. The van der Waals surface area contributed by atoms with Crippen LogP contribution in [-0.2, 0) is 9.59 Å². The van der Waals surface area contributed by atoms with Crippen LogP contribution in [0.1, 0.15) is 37.7 Å². The van der Waals surface area contributed by atoms with Gasteiger partial charge in [-0.1, -0.05) is 50.1 Å². The van der Waals surface area contributed by atoms with Gasteiger partial charge in [0.1, 0.15) is 0 Å². The van der Waals surface area contributed by atoms with Gasteiger partial charge in [-0.15, -0.1) is 0 Å². The number of benzene rings is 1. The van der Waals surface area contributed by atoms with Gasteiger partial charge in [0.05, 0.1) is 11.8 Å². The first-order valence-corrected chi connectivity index (χ1v) is 6.08. The maximum Gasteiger partial charge on any atom is 0.311 e. The van der Waals surface area contributed by atoms with Crippen LogP contribution in [0.15, 0.2) is 30.3 Å². The Labute approximate surface area is 106 Å². The molecule has 0 aliphatic carbocycles. The van der Waals surface area contributed by atoms with Gasteiger partial charge in [-0.3, -0.25) is 9.59 Å². The zero-order chi connectivity index (χ0) is 13.5. The van der Waals surface area contributed by atoms with Gasteiger partial charge in [0.2, 0.25) is 0 Å². The van der Waals surface area contributed by atoms with Crippen molar-refractivity contribution in [3.63, 3.8) is 0 Å². The highest BCUT2D eigenvalue weighted by molar-refractivity contribution is 5.84. The van der Waals surface area contributed by atoms with E-state index in [4.69, 9.17) is 0 Å². The third-order valence-electron chi connectivity index (χ3n) is 3.01. The molecule has 18 heavy (non-hydrogen) atoms. The van der Waals surface area contributed by atoms with Gasteiger partial charge in [-0.05, 0) is 12.0 Å². The molecule has 4 heteroatoms. The second-order valence-electron chi connectivity index (χ2n) is 4.31. The monoisotopic (exact) mass is 250 g/mol. The van der Waals surface area contributed by atoms with E-state index in [9.17, 15) is 19.8 Å². The van der Waals surface area contributed by atoms with Crippen molar-refractivity contribution >= 4 is 11.9 Å². The Morgan fingerprint density at radius 2 is 1.72 bits per heavy atom. The summed E-state index contributed by atoms with van der Waals surface area (Å²) >= 11 is 0. The molecule has 0 aromatic heterocycles. The molecule has 98 valence electrons. The average molecular weight is 250 g/mol. The number of carboxylic acid groups (broad SMARTS) is 2. The Balaban J connectivity index is 3.01. The summed E-state index contributed by atoms with van der Waals surface area (Å²) in [7, 11) is 0. The third-order valence-corrected chi connectivity index (χ3v) is 3.01. The molecule has 1 rings (SSSR count). The predicted octanol–water partition coefficient (Wildman–Crippen LogP) is 2.75. The Kier molecular flexibility index (Phi) is 5.36. The smallest absolute Gasteiger partial charge is 0.311 e. The van der Waals surface area contributed by atoms with Crippen molar-refractivity contribution in [3.05, 3.63) is 35.9 Å². The highest BCUT2D eigenvalue weighted by Gasteiger charge is 2.34. The summed E-state index contributed by atoms with van der Waals surface area (Å²) in [6, 6.07) is 8.57. The van der Waals surface area contributed by atoms with Gasteiger partial charge in [-0.2, -0.15) is 0 Å². The summed E-state index contributed by atoms with van der Waals surface area (Å²) in [6.07, 6.45) is 1.95. The first kappa shape index (κ1) is 14.2. The van der Waals surface area contributed by atoms with E-state index in [1.807, 2.05) is 6.92 Å². The Bertz CT molecular complexity index is 400. The fourth-order valence-electron chi connectivity index (χ4n) is 2.06. The molecule has 2 N–H and O–H groups in total. The van der Waals surface area contributed by atoms with Crippen LogP contribution in [0.4, 0.5) is 0 Å². The lowest BCUT2D eigenvalue weighted by Gasteiger charge is -2.20. The molecule has 0 amide bonds. The largest absolute Gasteiger partial charge is 0.481 e. The predicted molar refractivity (Wildman–Crippen MR) is 67.5 cm³/mol. The lowest BCUT2D eigenvalue weighted by molar-refractivity contribution is -0.150. The molecule has 0 radical (unpaired) electrons. The molecule has 0 spiro atoms. The van der Waals surface area contributed by atoms with Crippen molar-refractivity contribution < 1.29 is 19.8 Å². The normalized spacial score (nSPS) is 13.8. The zero-order valence-electron chi connectivity index (χ0n) is 10.4. The van der Waals surface area contributed by atoms with E-state index in [1.165, 1.54) is 0 Å². The Morgan fingerprint density at radius 1 is 1.11 bits per heavy atom. The van der Waals surface area contributed by atoms with Gasteiger partial charge < -0.3 is 10.2 Å². The highest BCUT2D eigenvalue weighted by Crippen LogP contribution is 2.29. The van der Waals surface area contributed by atoms with E-state index < -0.39 is 23.8 Å². The zero-order valence-corrected chi connectivity index (χ0v) is 10.4. The number of aliphatic carboxylic acids is 2. The first-order chi connectivity index (χ1) is 8.57. The van der Waals surface area contributed by atoms with Gasteiger partial charge in [0.25, 0.3) is 0 Å². The van der Waals surface area contributed by atoms with Crippen LogP contribution in [0, 0.1) is 5.92 Å². The number of rotatable bonds is 7. The van der Waals surface area contributed by atoms with Crippen LogP contribution < -0.4 is 0 Å². The number of unbranched alkanes of at least 4 members (excludes halogenated alkanes) is 1. The quantitative estimate of drug-likeness (QED) is 0.780. The number of carbonyl (C=O) groups is 2. The van der Waals surface area contributed by atoms with Gasteiger partial charge in [0.15, 0.2) is 0 Å². The van der Waals surface area contributed by atoms with E-state index in [2.05, 4.69) is 0 Å². The van der Waals surface area contributed by atoms with E-state index in [1.54, 1.807) is 30.3 Å². The highest BCUT2D eigenvalue weighted by atomic mass is 16.4. The summed E-state index contributed by atoms with van der Waals surface area (Å²) in [4.78, 5) is 22.6. The standard InChI is InChI=1S/C14H18O4/c1-2-3-9-11(13(15)16)12(14(17)18)10-7-5-4-6-8-10/h4-8,11-12H,2-3,9H2,1H3,(H,15,16)(H,17,18). The maximum atomic E-state index is 11.3. The average Bonchev–Trinajstić information content (AvgIpc) is 2.34. The molecule has 0 fully saturated rings. The molecule has 0 heterocycles. The second kappa shape index (κ2) is 6.79. The lowest BCUT2D eigenvalue weighted by atomic mass is 9.83. The van der Waals surface area contributed by atoms with Crippen LogP contribution in [0.5, 0.6) is 0 Å².